The molecule has 3 amide bonds. The number of anilines is 1. The first kappa shape index (κ1) is 23.0. The van der Waals surface area contributed by atoms with Crippen LogP contribution in [0.4, 0.5) is 5.69 Å². The first-order chi connectivity index (χ1) is 16.0. The van der Waals surface area contributed by atoms with Gasteiger partial charge in [-0.25, -0.2) is 0 Å². The van der Waals surface area contributed by atoms with Gasteiger partial charge >= 0.3 is 0 Å². The lowest BCUT2D eigenvalue weighted by atomic mass is 10.1. The van der Waals surface area contributed by atoms with E-state index >= 15 is 0 Å². The van der Waals surface area contributed by atoms with Crippen LogP contribution in [0.25, 0.3) is 0 Å². The second kappa shape index (κ2) is 10.6. The molecule has 2 aromatic rings. The Balaban J connectivity index is 1.22. The molecule has 2 fully saturated rings. The highest BCUT2D eigenvalue weighted by atomic mass is 16.2. The Hall–Kier alpha value is -3.19. The molecule has 2 saturated heterocycles. The fourth-order valence-corrected chi connectivity index (χ4v) is 4.41. The van der Waals surface area contributed by atoms with E-state index in [2.05, 4.69) is 17.0 Å². The Labute approximate surface area is 195 Å². The van der Waals surface area contributed by atoms with Crippen molar-refractivity contribution in [3.05, 3.63) is 65.7 Å². The van der Waals surface area contributed by atoms with Crippen LogP contribution in [0.15, 0.2) is 54.6 Å². The molecule has 2 aliphatic heterocycles. The van der Waals surface area contributed by atoms with E-state index in [9.17, 15) is 14.4 Å². The zero-order valence-electron chi connectivity index (χ0n) is 19.3. The molecular weight excluding hydrogens is 416 g/mol. The van der Waals surface area contributed by atoms with Crippen LogP contribution in [-0.2, 0) is 27.3 Å². The maximum absolute atomic E-state index is 12.7. The Morgan fingerprint density at radius 2 is 1.58 bits per heavy atom. The number of carbonyl (C=O) groups excluding carboxylic acids is 3. The van der Waals surface area contributed by atoms with Gasteiger partial charge in [-0.1, -0.05) is 42.5 Å². The Bertz CT molecular complexity index is 969. The van der Waals surface area contributed by atoms with Gasteiger partial charge in [0.15, 0.2) is 0 Å². The van der Waals surface area contributed by atoms with Gasteiger partial charge in [0.25, 0.3) is 0 Å². The van der Waals surface area contributed by atoms with Crippen LogP contribution in [0.5, 0.6) is 0 Å². The summed E-state index contributed by atoms with van der Waals surface area (Å²) in [7, 11) is 1.68. The molecule has 0 aliphatic carbocycles. The summed E-state index contributed by atoms with van der Waals surface area (Å²) >= 11 is 0. The Morgan fingerprint density at radius 1 is 0.879 bits per heavy atom. The van der Waals surface area contributed by atoms with Gasteiger partial charge in [0.2, 0.25) is 17.7 Å². The zero-order chi connectivity index (χ0) is 23.2. The van der Waals surface area contributed by atoms with Gasteiger partial charge in [-0.15, -0.1) is 0 Å². The average Bonchev–Trinajstić information content (AvgIpc) is 3.26. The summed E-state index contributed by atoms with van der Waals surface area (Å²) in [5.41, 5.74) is 3.04. The molecule has 2 aliphatic rings. The van der Waals surface area contributed by atoms with Crippen molar-refractivity contribution < 1.29 is 14.4 Å². The van der Waals surface area contributed by atoms with E-state index in [1.54, 1.807) is 11.9 Å². The lowest BCUT2D eigenvalue weighted by Gasteiger charge is -2.35. The summed E-state index contributed by atoms with van der Waals surface area (Å²) in [5, 5.41) is 0. The van der Waals surface area contributed by atoms with E-state index in [1.807, 2.05) is 47.4 Å². The van der Waals surface area contributed by atoms with E-state index in [4.69, 9.17) is 0 Å². The van der Waals surface area contributed by atoms with Crippen molar-refractivity contribution in [2.45, 2.75) is 25.8 Å². The maximum atomic E-state index is 12.7. The Morgan fingerprint density at radius 3 is 2.21 bits per heavy atom. The smallest absolute Gasteiger partial charge is 0.242 e. The average molecular weight is 449 g/mol. The fraction of sp³-hybridized carbons (Fsp3) is 0.423. The third-order valence-electron chi connectivity index (χ3n) is 6.45. The second-order valence-corrected chi connectivity index (χ2v) is 8.88. The van der Waals surface area contributed by atoms with Crippen LogP contribution in [0.3, 0.4) is 0 Å². The van der Waals surface area contributed by atoms with Gasteiger partial charge in [-0.2, -0.15) is 0 Å². The van der Waals surface area contributed by atoms with Crippen LogP contribution >= 0.6 is 0 Å². The van der Waals surface area contributed by atoms with E-state index in [0.717, 1.165) is 43.9 Å². The monoisotopic (exact) mass is 448 g/mol. The quantitative estimate of drug-likeness (QED) is 0.651. The third-order valence-corrected chi connectivity index (χ3v) is 6.45. The van der Waals surface area contributed by atoms with Crippen LogP contribution in [-0.4, -0.2) is 78.7 Å². The standard InChI is InChI=1S/C26H32N4O3/c1-27(25(32)18-21-9-11-23(12-10-21)30-13-5-8-24(30)31)20-26(33)29-16-14-28(15-17-29)19-22-6-3-2-4-7-22/h2-4,6-7,9-12H,5,8,13-20H2,1H3. The molecule has 2 heterocycles. The van der Waals surface area contributed by atoms with Crippen molar-refractivity contribution in [3.63, 3.8) is 0 Å². The molecule has 0 aromatic heterocycles. The molecule has 0 bridgehead atoms. The molecule has 0 atom stereocenters. The maximum Gasteiger partial charge on any atom is 0.242 e. The molecule has 7 heteroatoms. The van der Waals surface area contributed by atoms with Gasteiger partial charge in [-0.3, -0.25) is 19.3 Å². The summed E-state index contributed by atoms with van der Waals surface area (Å²) in [4.78, 5) is 44.8. The summed E-state index contributed by atoms with van der Waals surface area (Å²) in [6.45, 7) is 4.79. The van der Waals surface area contributed by atoms with Crippen LogP contribution < -0.4 is 4.90 Å². The van der Waals surface area contributed by atoms with Crippen molar-refractivity contribution >= 4 is 23.4 Å². The third kappa shape index (κ3) is 5.99. The molecule has 0 unspecified atom stereocenters. The summed E-state index contributed by atoms with van der Waals surface area (Å²) in [6, 6.07) is 17.9. The van der Waals surface area contributed by atoms with E-state index < -0.39 is 0 Å². The second-order valence-electron chi connectivity index (χ2n) is 8.88. The SMILES string of the molecule is CN(CC(=O)N1CCN(Cc2ccccc2)CC1)C(=O)Cc1ccc(N2CCCC2=O)cc1. The number of benzene rings is 2. The van der Waals surface area contributed by atoms with Crippen molar-refractivity contribution in [2.24, 2.45) is 0 Å². The van der Waals surface area contributed by atoms with Gasteiger partial charge in [-0.05, 0) is 29.7 Å². The number of carbonyl (C=O) groups is 3. The lowest BCUT2D eigenvalue weighted by molar-refractivity contribution is -0.140. The number of nitrogens with zero attached hydrogens (tertiary/aromatic N) is 4. The van der Waals surface area contributed by atoms with Crippen LogP contribution in [0, 0.1) is 0 Å². The lowest BCUT2D eigenvalue weighted by Crippen LogP contribution is -2.51. The molecular formula is C26H32N4O3. The Kier molecular flexibility index (Phi) is 7.40. The van der Waals surface area contributed by atoms with E-state index in [0.29, 0.717) is 19.5 Å². The summed E-state index contributed by atoms with van der Waals surface area (Å²) in [6.07, 6.45) is 1.73. The number of hydrogen-bond acceptors (Lipinski definition) is 4. The highest BCUT2D eigenvalue weighted by Crippen LogP contribution is 2.22. The van der Waals surface area contributed by atoms with Crippen molar-refractivity contribution in [3.8, 4) is 0 Å². The minimum absolute atomic E-state index is 0.00638. The number of piperazine rings is 1. The van der Waals surface area contributed by atoms with Crippen molar-refractivity contribution in [1.29, 1.82) is 0 Å². The molecule has 2 aromatic carbocycles. The largest absolute Gasteiger partial charge is 0.339 e. The van der Waals surface area contributed by atoms with Crippen LogP contribution in [0.1, 0.15) is 24.0 Å². The molecule has 0 radical (unpaired) electrons. The molecule has 33 heavy (non-hydrogen) atoms. The highest BCUT2D eigenvalue weighted by Gasteiger charge is 2.24. The highest BCUT2D eigenvalue weighted by molar-refractivity contribution is 5.95. The van der Waals surface area contributed by atoms with Crippen molar-refractivity contribution in [1.82, 2.24) is 14.7 Å². The topological polar surface area (TPSA) is 64.2 Å². The minimum atomic E-state index is -0.0870. The predicted molar refractivity (Wildman–Crippen MR) is 128 cm³/mol. The number of rotatable bonds is 7. The first-order valence-corrected chi connectivity index (χ1v) is 11.7. The first-order valence-electron chi connectivity index (χ1n) is 11.7. The summed E-state index contributed by atoms with van der Waals surface area (Å²) in [5.74, 6) is 0.0575. The van der Waals surface area contributed by atoms with Gasteiger partial charge in [0.1, 0.15) is 0 Å². The van der Waals surface area contributed by atoms with Crippen LogP contribution in [0.2, 0.25) is 0 Å². The molecule has 4 rings (SSSR count). The summed E-state index contributed by atoms with van der Waals surface area (Å²) < 4.78 is 0. The molecule has 0 spiro atoms. The molecule has 0 N–H and O–H groups in total. The van der Waals surface area contributed by atoms with Gasteiger partial charge < -0.3 is 14.7 Å². The van der Waals surface area contributed by atoms with Crippen molar-refractivity contribution in [2.75, 3.05) is 51.2 Å². The number of amides is 3. The predicted octanol–water partition coefficient (Wildman–Crippen LogP) is 2.16. The van der Waals surface area contributed by atoms with E-state index in [1.165, 1.54) is 10.5 Å². The molecule has 0 saturated carbocycles. The molecule has 174 valence electrons. The number of hydrogen-bond donors (Lipinski definition) is 0. The normalized spacial score (nSPS) is 16.8. The minimum Gasteiger partial charge on any atom is -0.339 e. The van der Waals surface area contributed by atoms with E-state index in [-0.39, 0.29) is 30.7 Å². The zero-order valence-corrected chi connectivity index (χ0v) is 19.3. The van der Waals surface area contributed by atoms with Gasteiger partial charge in [0.05, 0.1) is 13.0 Å². The fourth-order valence-electron chi connectivity index (χ4n) is 4.41. The molecule has 7 nitrogen and oxygen atoms in total. The number of likely N-dealkylation sites (N-methyl/N-ethyl adjacent to an activating group) is 1. The van der Waals surface area contributed by atoms with Gasteiger partial charge in [0, 0.05) is 58.4 Å².